The molecule has 0 amide bonds. The van der Waals surface area contributed by atoms with Crippen LogP contribution < -0.4 is 4.74 Å². The molecule has 0 aromatic heterocycles. The summed E-state index contributed by atoms with van der Waals surface area (Å²) in [6, 6.07) is 7.54. The third-order valence-electron chi connectivity index (χ3n) is 8.10. The number of sulfone groups is 1. The largest absolute Gasteiger partial charge is 0.490 e. The summed E-state index contributed by atoms with van der Waals surface area (Å²) in [5.41, 5.74) is -0.304. The second-order valence-electron chi connectivity index (χ2n) is 10.4. The Morgan fingerprint density at radius 3 is 2.42 bits per heavy atom. The third-order valence-corrected chi connectivity index (χ3v) is 12.8. The van der Waals surface area contributed by atoms with Gasteiger partial charge in [0.2, 0.25) is 0 Å². The lowest BCUT2D eigenvalue weighted by molar-refractivity contribution is -0.0731. The van der Waals surface area contributed by atoms with Crippen molar-refractivity contribution in [1.29, 1.82) is 0 Å². The molecule has 6 nitrogen and oxygen atoms in total. The van der Waals surface area contributed by atoms with E-state index in [1.807, 2.05) is 0 Å². The van der Waals surface area contributed by atoms with Crippen LogP contribution in [-0.2, 0) is 28.8 Å². The van der Waals surface area contributed by atoms with E-state index < -0.39 is 47.8 Å². The smallest absolute Gasteiger partial charge is 0.189 e. The number of hydrogen-bond donors (Lipinski definition) is 0. The molecule has 0 spiro atoms. The Kier molecular flexibility index (Phi) is 7.83. The van der Waals surface area contributed by atoms with Crippen molar-refractivity contribution in [3.8, 4) is 5.75 Å². The van der Waals surface area contributed by atoms with Crippen LogP contribution in [0.15, 0.2) is 41.3 Å². The Labute approximate surface area is 228 Å². The standard InChI is InChI=1S/C27H32ClF2NO5S2/c1-37(32,17-14-31-12-2-3-13-31)16-10-24-21-18-36-26-23(30)9-8-22(29)25(26)27(21,11-15-35-24)38(33,34)20-6-4-19(28)5-7-20/h4-9,21,24H,1-3,10-18H2/t21-,24-,27-,37?/m0/s1. The topological polar surface area (TPSA) is 72.9 Å². The highest BCUT2D eigenvalue weighted by Crippen LogP contribution is 2.55. The Bertz CT molecular complexity index is 1400. The lowest BCUT2D eigenvalue weighted by Gasteiger charge is -2.50. The van der Waals surface area contributed by atoms with Gasteiger partial charge in [0.1, 0.15) is 10.6 Å². The molecule has 2 saturated heterocycles. The summed E-state index contributed by atoms with van der Waals surface area (Å²) in [5, 5.41) is 0.353. The molecule has 0 bridgehead atoms. The molecule has 1 unspecified atom stereocenters. The van der Waals surface area contributed by atoms with Crippen molar-refractivity contribution in [3.05, 3.63) is 58.6 Å². The third kappa shape index (κ3) is 4.98. The number of ether oxygens (including phenoxy) is 2. The maximum atomic E-state index is 15.5. The molecule has 2 fully saturated rings. The van der Waals surface area contributed by atoms with E-state index in [-0.39, 0.29) is 48.0 Å². The van der Waals surface area contributed by atoms with Gasteiger partial charge in [-0.2, -0.15) is 0 Å². The fraction of sp³-hybridized carbons (Fsp3) is 0.519. The van der Waals surface area contributed by atoms with Crippen LogP contribution in [0.25, 0.3) is 0 Å². The number of rotatable bonds is 8. The summed E-state index contributed by atoms with van der Waals surface area (Å²) in [7, 11) is -6.73. The zero-order valence-electron chi connectivity index (χ0n) is 21.0. The maximum absolute atomic E-state index is 15.5. The highest BCUT2D eigenvalue weighted by molar-refractivity contribution is 8.00. The first-order valence-corrected chi connectivity index (χ1v) is 16.8. The zero-order valence-corrected chi connectivity index (χ0v) is 23.4. The molecule has 2 aromatic carbocycles. The molecule has 4 atom stereocenters. The first-order valence-electron chi connectivity index (χ1n) is 12.8. The van der Waals surface area contributed by atoms with Crippen LogP contribution >= 0.6 is 11.6 Å². The number of fused-ring (bicyclic) bond motifs is 3. The van der Waals surface area contributed by atoms with Crippen molar-refractivity contribution < 1.29 is 30.9 Å². The first-order chi connectivity index (χ1) is 18.0. The molecule has 38 heavy (non-hydrogen) atoms. The first kappa shape index (κ1) is 27.8. The monoisotopic (exact) mass is 587 g/mol. The fourth-order valence-corrected chi connectivity index (χ4v) is 10.00. The molecule has 208 valence electrons. The van der Waals surface area contributed by atoms with Gasteiger partial charge in [-0.05, 0) is 90.6 Å². The van der Waals surface area contributed by atoms with E-state index in [0.717, 1.165) is 38.1 Å². The van der Waals surface area contributed by atoms with Gasteiger partial charge < -0.3 is 14.4 Å². The predicted molar refractivity (Wildman–Crippen MR) is 145 cm³/mol. The summed E-state index contributed by atoms with van der Waals surface area (Å²) < 4.78 is 82.3. The van der Waals surface area contributed by atoms with E-state index in [1.165, 1.54) is 24.3 Å². The molecule has 5 rings (SSSR count). The predicted octanol–water partition coefficient (Wildman–Crippen LogP) is 4.29. The van der Waals surface area contributed by atoms with Crippen LogP contribution in [0.3, 0.4) is 0 Å². The Morgan fingerprint density at radius 2 is 1.71 bits per heavy atom. The van der Waals surface area contributed by atoms with Gasteiger partial charge >= 0.3 is 0 Å². The van der Waals surface area contributed by atoms with Crippen molar-refractivity contribution in [2.24, 2.45) is 5.92 Å². The number of nitrogens with zero attached hydrogens (tertiary/aromatic N) is 1. The molecule has 11 heteroatoms. The minimum absolute atomic E-state index is 0.00942. The second-order valence-corrected chi connectivity index (χ2v) is 15.8. The second kappa shape index (κ2) is 10.7. The lowest BCUT2D eigenvalue weighted by atomic mass is 9.75. The maximum Gasteiger partial charge on any atom is 0.189 e. The van der Waals surface area contributed by atoms with Gasteiger partial charge in [0.15, 0.2) is 21.4 Å². The molecule has 2 aromatic rings. The van der Waals surface area contributed by atoms with Crippen LogP contribution in [0.5, 0.6) is 5.75 Å². The molecule has 0 N–H and O–H groups in total. The fourth-order valence-electron chi connectivity index (χ4n) is 6.07. The number of likely N-dealkylation sites (tertiary alicyclic amines) is 1. The average Bonchev–Trinajstić information content (AvgIpc) is 3.42. The summed E-state index contributed by atoms with van der Waals surface area (Å²) >= 11 is 6.00. The van der Waals surface area contributed by atoms with E-state index in [2.05, 4.69) is 10.8 Å². The van der Waals surface area contributed by atoms with Crippen LogP contribution in [0, 0.1) is 17.6 Å². The van der Waals surface area contributed by atoms with Crippen molar-refractivity contribution in [1.82, 2.24) is 4.90 Å². The minimum atomic E-state index is -4.28. The quantitative estimate of drug-likeness (QED) is 0.429. The summed E-state index contributed by atoms with van der Waals surface area (Å²) in [6.45, 7) is 2.51. The average molecular weight is 588 g/mol. The molecular formula is C27H32ClF2NO5S2. The molecule has 3 aliphatic rings. The van der Waals surface area contributed by atoms with Crippen molar-refractivity contribution in [3.63, 3.8) is 0 Å². The van der Waals surface area contributed by atoms with Crippen LogP contribution in [0.2, 0.25) is 5.02 Å². The zero-order chi connectivity index (χ0) is 27.1. The summed E-state index contributed by atoms with van der Waals surface area (Å²) in [5.74, 6) is 1.74. The van der Waals surface area contributed by atoms with Gasteiger partial charge in [-0.1, -0.05) is 11.6 Å². The Hall–Kier alpha value is -1.72. The van der Waals surface area contributed by atoms with E-state index in [1.54, 1.807) is 0 Å². The SMILES string of the molecule is C=S(=O)(CC[C@@H]1OCC[C@@]2(S(=O)(=O)c3ccc(Cl)cc3)c3c(F)ccc(F)c3OC[C@@H]12)CCN1CCCC1. The highest BCUT2D eigenvalue weighted by atomic mass is 35.5. The van der Waals surface area contributed by atoms with Crippen LogP contribution in [-0.4, -0.2) is 73.9 Å². The van der Waals surface area contributed by atoms with Gasteiger partial charge in [-0.15, -0.1) is 0 Å². The van der Waals surface area contributed by atoms with E-state index in [4.69, 9.17) is 21.1 Å². The molecular weight excluding hydrogens is 556 g/mol. The summed E-state index contributed by atoms with van der Waals surface area (Å²) in [4.78, 5) is 2.23. The van der Waals surface area contributed by atoms with Crippen LogP contribution in [0.4, 0.5) is 8.78 Å². The van der Waals surface area contributed by atoms with Gasteiger partial charge in [0.05, 0.1) is 23.2 Å². The van der Waals surface area contributed by atoms with Crippen molar-refractivity contribution in [2.45, 2.75) is 41.4 Å². The molecule has 3 heterocycles. The number of halogens is 3. The Balaban J connectivity index is 1.50. The highest BCUT2D eigenvalue weighted by Gasteiger charge is 2.61. The Morgan fingerprint density at radius 1 is 1.03 bits per heavy atom. The van der Waals surface area contributed by atoms with E-state index in [0.29, 0.717) is 17.3 Å². The van der Waals surface area contributed by atoms with Crippen molar-refractivity contribution in [2.75, 3.05) is 44.4 Å². The minimum Gasteiger partial charge on any atom is -0.490 e. The van der Waals surface area contributed by atoms with Crippen LogP contribution in [0.1, 0.15) is 31.2 Å². The summed E-state index contributed by atoms with van der Waals surface area (Å²) in [6.07, 6.45) is 1.76. The molecule has 3 aliphatic heterocycles. The van der Waals surface area contributed by atoms with Gasteiger partial charge in [-0.25, -0.2) is 17.2 Å². The molecule has 0 radical (unpaired) electrons. The van der Waals surface area contributed by atoms with Crippen molar-refractivity contribution >= 4 is 36.8 Å². The van der Waals surface area contributed by atoms with Gasteiger partial charge in [0, 0.05) is 35.6 Å². The normalized spacial score (nSPS) is 27.2. The number of benzene rings is 2. The van der Waals surface area contributed by atoms with Gasteiger partial charge in [-0.3, -0.25) is 4.21 Å². The van der Waals surface area contributed by atoms with E-state index >= 15 is 4.39 Å². The molecule has 0 saturated carbocycles. The lowest BCUT2D eigenvalue weighted by Crippen LogP contribution is -2.57. The van der Waals surface area contributed by atoms with Gasteiger partial charge in [0.25, 0.3) is 0 Å². The molecule has 0 aliphatic carbocycles. The van der Waals surface area contributed by atoms with E-state index in [9.17, 15) is 17.0 Å². The number of hydrogen-bond acceptors (Lipinski definition) is 6.